The van der Waals surface area contributed by atoms with Gasteiger partial charge in [0.25, 0.3) is 0 Å². The zero-order chi connectivity index (χ0) is 13.7. The Morgan fingerprint density at radius 1 is 1.44 bits per heavy atom. The summed E-state index contributed by atoms with van der Waals surface area (Å²) in [5.74, 6) is -1.86. The summed E-state index contributed by atoms with van der Waals surface area (Å²) in [4.78, 5) is 22.3. The molecule has 4 N–H and O–H groups in total. The zero-order valence-corrected chi connectivity index (χ0v) is 9.92. The summed E-state index contributed by atoms with van der Waals surface area (Å²) in [5.41, 5.74) is 5.98. The lowest BCUT2D eigenvalue weighted by Crippen LogP contribution is -2.32. The molecule has 0 radical (unpaired) electrons. The normalized spacial score (nSPS) is 11.9. The molecule has 6 nitrogen and oxygen atoms in total. The fourth-order valence-corrected chi connectivity index (χ4v) is 1.47. The van der Waals surface area contributed by atoms with Crippen molar-refractivity contribution in [3.8, 4) is 5.75 Å². The Morgan fingerprint density at radius 3 is 2.67 bits per heavy atom. The molecule has 1 atom stereocenters. The summed E-state index contributed by atoms with van der Waals surface area (Å²) < 4.78 is 4.83. The molecule has 0 saturated carbocycles. The minimum absolute atomic E-state index is 0.0102. The molecule has 0 aromatic heterocycles. The van der Waals surface area contributed by atoms with Crippen molar-refractivity contribution < 1.29 is 24.5 Å². The van der Waals surface area contributed by atoms with Gasteiger partial charge in [-0.05, 0) is 31.0 Å². The third kappa shape index (κ3) is 3.46. The van der Waals surface area contributed by atoms with Gasteiger partial charge in [0, 0.05) is 0 Å². The van der Waals surface area contributed by atoms with Gasteiger partial charge in [0.2, 0.25) is 0 Å². The first kappa shape index (κ1) is 14.0. The van der Waals surface area contributed by atoms with E-state index in [1.54, 1.807) is 6.92 Å². The maximum Gasteiger partial charge on any atom is 0.338 e. The van der Waals surface area contributed by atoms with Gasteiger partial charge in [0.1, 0.15) is 11.8 Å². The smallest absolute Gasteiger partial charge is 0.338 e. The van der Waals surface area contributed by atoms with Gasteiger partial charge < -0.3 is 20.7 Å². The number of carbonyl (C=O) groups is 2. The standard InChI is InChI=1S/C12H15NO5/c1-2-18-12(17)9-6-8(14)4-3-7(9)5-10(13)11(15)16/h3-4,6,10,14H,2,5,13H2,1H3,(H,15,16)/t10-/m0/s1. The Labute approximate surface area is 104 Å². The first-order valence-electron chi connectivity index (χ1n) is 5.43. The molecule has 0 aliphatic rings. The van der Waals surface area contributed by atoms with Crippen molar-refractivity contribution in [2.75, 3.05) is 6.61 Å². The van der Waals surface area contributed by atoms with Crippen molar-refractivity contribution in [3.63, 3.8) is 0 Å². The third-order valence-corrected chi connectivity index (χ3v) is 2.35. The second-order valence-electron chi connectivity index (χ2n) is 3.71. The monoisotopic (exact) mass is 253 g/mol. The Balaban J connectivity index is 3.03. The largest absolute Gasteiger partial charge is 0.508 e. The molecule has 0 fully saturated rings. The quantitative estimate of drug-likeness (QED) is 0.660. The van der Waals surface area contributed by atoms with E-state index < -0.39 is 18.0 Å². The van der Waals surface area contributed by atoms with E-state index in [1.165, 1.54) is 18.2 Å². The fraction of sp³-hybridized carbons (Fsp3) is 0.333. The lowest BCUT2D eigenvalue weighted by Gasteiger charge is -2.11. The number of esters is 1. The maximum atomic E-state index is 11.6. The SMILES string of the molecule is CCOC(=O)c1cc(O)ccc1C[C@H](N)C(=O)O. The van der Waals surface area contributed by atoms with Gasteiger partial charge in [-0.1, -0.05) is 6.07 Å². The van der Waals surface area contributed by atoms with Crippen LogP contribution in [-0.4, -0.2) is 34.8 Å². The summed E-state index contributed by atoms with van der Waals surface area (Å²) in [7, 11) is 0. The second kappa shape index (κ2) is 6.02. The van der Waals surface area contributed by atoms with Crippen LogP contribution in [0.3, 0.4) is 0 Å². The number of phenolic OH excluding ortho intramolecular Hbond substituents is 1. The molecule has 0 aliphatic heterocycles. The summed E-state index contributed by atoms with van der Waals surface area (Å²) in [6, 6.07) is 2.96. The molecule has 1 aromatic carbocycles. The molecular weight excluding hydrogens is 238 g/mol. The molecule has 18 heavy (non-hydrogen) atoms. The molecule has 6 heteroatoms. The molecular formula is C12H15NO5. The van der Waals surface area contributed by atoms with Gasteiger partial charge in [0.05, 0.1) is 12.2 Å². The lowest BCUT2D eigenvalue weighted by atomic mass is 10.0. The van der Waals surface area contributed by atoms with Crippen LogP contribution in [0.2, 0.25) is 0 Å². The highest BCUT2D eigenvalue weighted by Crippen LogP contribution is 2.19. The molecule has 0 bridgehead atoms. The highest BCUT2D eigenvalue weighted by Gasteiger charge is 2.18. The molecule has 1 rings (SSSR count). The average molecular weight is 253 g/mol. The molecule has 0 heterocycles. The van der Waals surface area contributed by atoms with Crippen molar-refractivity contribution in [1.29, 1.82) is 0 Å². The highest BCUT2D eigenvalue weighted by atomic mass is 16.5. The van der Waals surface area contributed by atoms with Gasteiger partial charge in [-0.15, -0.1) is 0 Å². The van der Waals surface area contributed by atoms with E-state index in [1.807, 2.05) is 0 Å². The van der Waals surface area contributed by atoms with Crippen LogP contribution in [0.1, 0.15) is 22.8 Å². The number of carbonyl (C=O) groups excluding carboxylic acids is 1. The van der Waals surface area contributed by atoms with Gasteiger partial charge in [0.15, 0.2) is 0 Å². The number of aliphatic carboxylic acids is 1. The Hall–Kier alpha value is -2.08. The predicted octanol–water partition coefficient (Wildman–Crippen LogP) is 0.523. The lowest BCUT2D eigenvalue weighted by molar-refractivity contribution is -0.138. The van der Waals surface area contributed by atoms with Crippen LogP contribution in [0.25, 0.3) is 0 Å². The highest BCUT2D eigenvalue weighted by molar-refractivity contribution is 5.92. The van der Waals surface area contributed by atoms with Gasteiger partial charge in [-0.2, -0.15) is 0 Å². The number of rotatable bonds is 5. The molecule has 98 valence electrons. The van der Waals surface area contributed by atoms with Crippen LogP contribution in [0, 0.1) is 0 Å². The van der Waals surface area contributed by atoms with E-state index in [4.69, 9.17) is 15.6 Å². The fourth-order valence-electron chi connectivity index (χ4n) is 1.47. The van der Waals surface area contributed by atoms with Crippen molar-refractivity contribution in [2.24, 2.45) is 5.73 Å². The van der Waals surface area contributed by atoms with Crippen molar-refractivity contribution in [1.82, 2.24) is 0 Å². The van der Waals surface area contributed by atoms with Crippen molar-refractivity contribution in [3.05, 3.63) is 29.3 Å². The first-order chi connectivity index (χ1) is 8.45. The number of phenols is 1. The molecule has 0 unspecified atom stereocenters. The summed E-state index contributed by atoms with van der Waals surface area (Å²) >= 11 is 0. The molecule has 0 saturated heterocycles. The third-order valence-electron chi connectivity index (χ3n) is 2.35. The van der Waals surface area contributed by atoms with E-state index in [0.29, 0.717) is 5.56 Å². The second-order valence-corrected chi connectivity index (χ2v) is 3.71. The van der Waals surface area contributed by atoms with Crippen LogP contribution in [0.5, 0.6) is 5.75 Å². The zero-order valence-electron chi connectivity index (χ0n) is 9.92. The maximum absolute atomic E-state index is 11.6. The molecule has 0 spiro atoms. The van der Waals surface area contributed by atoms with Crippen LogP contribution >= 0.6 is 0 Å². The molecule has 0 aliphatic carbocycles. The van der Waals surface area contributed by atoms with Crippen molar-refractivity contribution >= 4 is 11.9 Å². The van der Waals surface area contributed by atoms with Crippen LogP contribution in [0.15, 0.2) is 18.2 Å². The van der Waals surface area contributed by atoms with Crippen LogP contribution < -0.4 is 5.73 Å². The molecule has 1 aromatic rings. The average Bonchev–Trinajstić information content (AvgIpc) is 2.31. The number of carboxylic acids is 1. The predicted molar refractivity (Wildman–Crippen MR) is 63.4 cm³/mol. The summed E-state index contributed by atoms with van der Waals surface area (Å²) in [5, 5.41) is 18.1. The Bertz CT molecular complexity index is 458. The van der Waals surface area contributed by atoms with Crippen LogP contribution in [-0.2, 0) is 16.0 Å². The minimum Gasteiger partial charge on any atom is -0.508 e. The number of hydrogen-bond acceptors (Lipinski definition) is 5. The van der Waals surface area contributed by atoms with E-state index in [-0.39, 0.29) is 24.3 Å². The first-order valence-corrected chi connectivity index (χ1v) is 5.43. The number of hydrogen-bond donors (Lipinski definition) is 3. The van der Waals surface area contributed by atoms with Gasteiger partial charge in [-0.25, -0.2) is 4.79 Å². The van der Waals surface area contributed by atoms with E-state index in [2.05, 4.69) is 0 Å². The van der Waals surface area contributed by atoms with Crippen LogP contribution in [0.4, 0.5) is 0 Å². The van der Waals surface area contributed by atoms with E-state index in [9.17, 15) is 14.7 Å². The van der Waals surface area contributed by atoms with E-state index in [0.717, 1.165) is 0 Å². The number of carboxylic acid groups (broad SMARTS) is 1. The topological polar surface area (TPSA) is 110 Å². The number of nitrogens with two attached hydrogens (primary N) is 1. The van der Waals surface area contributed by atoms with E-state index >= 15 is 0 Å². The Kier molecular flexibility index (Phi) is 4.67. The summed E-state index contributed by atoms with van der Waals surface area (Å²) in [6.45, 7) is 1.85. The number of ether oxygens (including phenoxy) is 1. The molecule has 0 amide bonds. The van der Waals surface area contributed by atoms with Crippen molar-refractivity contribution in [2.45, 2.75) is 19.4 Å². The Morgan fingerprint density at radius 2 is 2.11 bits per heavy atom. The van der Waals surface area contributed by atoms with Gasteiger partial charge in [-0.3, -0.25) is 4.79 Å². The number of benzene rings is 1. The van der Waals surface area contributed by atoms with Gasteiger partial charge >= 0.3 is 11.9 Å². The number of aromatic hydroxyl groups is 1. The minimum atomic E-state index is -1.15. The summed E-state index contributed by atoms with van der Waals surface area (Å²) in [6.07, 6.45) is -0.0102.